The Labute approximate surface area is 363 Å². The second-order valence-corrected chi connectivity index (χ2v) is 16.6. The van der Waals surface area contributed by atoms with Crippen molar-refractivity contribution in [1.29, 1.82) is 0 Å². The zero-order chi connectivity index (χ0) is 42.9. The average Bonchev–Trinajstić information content (AvgIpc) is 3.63. The van der Waals surface area contributed by atoms with E-state index in [-0.39, 0.29) is 36.5 Å². The van der Waals surface area contributed by atoms with E-state index in [1.807, 2.05) is 66.7 Å². The number of piperidine rings is 1. The second kappa shape index (κ2) is 19.8. The number of nitrogens with zero attached hydrogens (tertiary/aromatic N) is 2. The van der Waals surface area contributed by atoms with Gasteiger partial charge in [0, 0.05) is 56.7 Å². The Morgan fingerprint density at radius 1 is 0.774 bits per heavy atom. The number of hydrogen-bond acceptors (Lipinski definition) is 9. The van der Waals surface area contributed by atoms with Crippen molar-refractivity contribution >= 4 is 34.8 Å². The lowest BCUT2D eigenvalue weighted by Gasteiger charge is -2.45. The first-order valence-electron chi connectivity index (χ1n) is 21.7. The Bertz CT molecular complexity index is 2300. The van der Waals surface area contributed by atoms with E-state index in [0.29, 0.717) is 56.7 Å². The van der Waals surface area contributed by atoms with E-state index >= 15 is 0 Å². The first kappa shape index (κ1) is 42.6. The number of carbonyl (C=O) groups is 3. The number of anilines is 3. The van der Waals surface area contributed by atoms with E-state index < -0.39 is 11.8 Å². The van der Waals surface area contributed by atoms with E-state index in [1.54, 1.807) is 12.1 Å². The molecule has 3 fully saturated rings. The lowest BCUT2D eigenvalue weighted by molar-refractivity contribution is -0.253. The molecule has 0 saturated carbocycles. The number of aliphatic hydroxyl groups is 1. The van der Waals surface area contributed by atoms with Gasteiger partial charge in [-0.2, -0.15) is 0 Å². The molecule has 62 heavy (non-hydrogen) atoms. The quantitative estimate of drug-likeness (QED) is 0.0543. The smallest absolute Gasteiger partial charge is 0.247 e. The Balaban J connectivity index is 0.866. The summed E-state index contributed by atoms with van der Waals surface area (Å²) >= 11 is 0. The van der Waals surface area contributed by atoms with Gasteiger partial charge in [-0.25, -0.2) is 0 Å². The summed E-state index contributed by atoms with van der Waals surface area (Å²) < 4.78 is 13.4. The van der Waals surface area contributed by atoms with Gasteiger partial charge in [0.05, 0.1) is 36.9 Å². The molecule has 0 bridgehead atoms. The van der Waals surface area contributed by atoms with Gasteiger partial charge in [-0.05, 0) is 83.8 Å². The maximum absolute atomic E-state index is 13.3. The van der Waals surface area contributed by atoms with Crippen molar-refractivity contribution < 1.29 is 29.0 Å². The fourth-order valence-electron chi connectivity index (χ4n) is 8.84. The average molecular weight is 837 g/mol. The van der Waals surface area contributed by atoms with E-state index in [0.717, 1.165) is 71.5 Å². The minimum absolute atomic E-state index is 0.0181. The lowest BCUT2D eigenvalue weighted by Crippen LogP contribution is -2.57. The van der Waals surface area contributed by atoms with E-state index in [9.17, 15) is 19.5 Å². The second-order valence-electron chi connectivity index (χ2n) is 16.6. The van der Waals surface area contributed by atoms with Crippen LogP contribution in [0.1, 0.15) is 79.6 Å². The Morgan fingerprint density at radius 2 is 1.48 bits per heavy atom. The number of nitrogens with two attached hydrogens (primary N) is 1. The van der Waals surface area contributed by atoms with Crippen LogP contribution in [0.5, 0.6) is 0 Å². The number of benzene rings is 5. The number of ether oxygens (including phenoxy) is 2. The molecule has 3 aliphatic heterocycles. The molecule has 3 unspecified atom stereocenters. The van der Waals surface area contributed by atoms with Crippen LogP contribution in [0.15, 0.2) is 127 Å². The Morgan fingerprint density at radius 3 is 2.23 bits per heavy atom. The predicted molar refractivity (Wildman–Crippen MR) is 240 cm³/mol. The number of hydrogen-bond donors (Lipinski definition) is 5. The summed E-state index contributed by atoms with van der Waals surface area (Å²) in [5.74, 6) is -0.0687. The van der Waals surface area contributed by atoms with Crippen LogP contribution in [-0.4, -0.2) is 65.7 Å². The maximum Gasteiger partial charge on any atom is 0.247 e. The van der Waals surface area contributed by atoms with Crippen LogP contribution in [-0.2, 0) is 37.0 Å². The minimum Gasteiger partial charge on any atom is -0.397 e. The number of amides is 3. The van der Waals surface area contributed by atoms with Crippen molar-refractivity contribution in [2.75, 3.05) is 42.3 Å². The van der Waals surface area contributed by atoms with Crippen LogP contribution in [0.25, 0.3) is 11.1 Å². The van der Waals surface area contributed by atoms with Gasteiger partial charge in [0.1, 0.15) is 5.54 Å². The van der Waals surface area contributed by atoms with Gasteiger partial charge in [0.25, 0.3) is 0 Å². The number of carbonyl (C=O) groups excluding carboxylic acids is 3. The molecule has 322 valence electrons. The summed E-state index contributed by atoms with van der Waals surface area (Å²) in [4.78, 5) is 42.9. The summed E-state index contributed by atoms with van der Waals surface area (Å²) in [6.07, 6.45) is 3.10. The van der Waals surface area contributed by atoms with Gasteiger partial charge in [-0.1, -0.05) is 97.1 Å². The monoisotopic (exact) mass is 836 g/mol. The van der Waals surface area contributed by atoms with Gasteiger partial charge < -0.3 is 46.1 Å². The van der Waals surface area contributed by atoms with Crippen LogP contribution in [0, 0.1) is 0 Å². The van der Waals surface area contributed by atoms with Gasteiger partial charge in [-0.15, -0.1) is 0 Å². The van der Waals surface area contributed by atoms with Crippen LogP contribution in [0.3, 0.4) is 0 Å². The zero-order valence-electron chi connectivity index (χ0n) is 35.0. The van der Waals surface area contributed by atoms with Crippen LogP contribution < -0.4 is 26.6 Å². The third-order valence-corrected chi connectivity index (χ3v) is 12.4. The SMILES string of the molecule is Nc1ccccc1NC(=O)CCCCC(=O)NCc1cccc(-c2ccc(C3OC(CN4CCC5(CC4)C(=O)NCN5c4ccccc4)CC(c4ccc(CO)cc4)O3)cc2)c1. The molecule has 1 spiro atoms. The first-order valence-corrected chi connectivity index (χ1v) is 21.7. The number of para-hydroxylation sites is 3. The van der Waals surface area contributed by atoms with Crippen molar-refractivity contribution in [2.45, 2.75) is 82.1 Å². The molecule has 0 radical (unpaired) electrons. The summed E-state index contributed by atoms with van der Waals surface area (Å²) in [7, 11) is 0. The standard InChI is InChI=1S/C50H56N6O6/c51-43-13-4-5-14-44(43)54-47(59)16-7-6-15-46(58)52-31-36-9-8-10-40(29-36)37-21-23-39(24-22-37)48-61-42(30-45(62-48)38-19-17-35(33-57)18-20-38)32-55-27-25-50(26-28-55)49(60)53-34-56(50)41-11-2-1-3-12-41/h1-5,8-14,17-24,29,42,45,48,57H,6-7,15-16,25-28,30-34,51H2,(H,52,58)(H,53,60)(H,54,59). The highest BCUT2D eigenvalue weighted by atomic mass is 16.7. The molecule has 3 saturated heterocycles. The maximum atomic E-state index is 13.3. The molecule has 3 aliphatic rings. The molecule has 3 amide bonds. The summed E-state index contributed by atoms with van der Waals surface area (Å²) in [6, 6.07) is 41.7. The number of unbranched alkanes of at least 4 members (excludes halogenated alkanes) is 1. The Kier molecular flexibility index (Phi) is 13.6. The molecule has 3 atom stereocenters. The number of nitrogen functional groups attached to an aromatic ring is 1. The van der Waals surface area contributed by atoms with Gasteiger partial charge >= 0.3 is 0 Å². The third kappa shape index (κ3) is 10.2. The fourth-order valence-corrected chi connectivity index (χ4v) is 8.84. The fraction of sp³-hybridized carbons (Fsp3) is 0.340. The van der Waals surface area contributed by atoms with Gasteiger partial charge in [0.2, 0.25) is 17.7 Å². The van der Waals surface area contributed by atoms with Gasteiger partial charge in [0.15, 0.2) is 6.29 Å². The van der Waals surface area contributed by atoms with E-state index in [1.165, 1.54) is 0 Å². The first-order chi connectivity index (χ1) is 30.3. The molecule has 8 rings (SSSR count). The van der Waals surface area contributed by atoms with Crippen LogP contribution in [0.2, 0.25) is 0 Å². The number of likely N-dealkylation sites (tertiary alicyclic amines) is 1. The molecular formula is C50H56N6O6. The topological polar surface area (TPSA) is 158 Å². The summed E-state index contributed by atoms with van der Waals surface area (Å²) in [5.41, 5.74) is 13.4. The molecular weight excluding hydrogens is 781 g/mol. The molecule has 6 N–H and O–H groups in total. The molecule has 5 aromatic carbocycles. The highest BCUT2D eigenvalue weighted by molar-refractivity contribution is 5.94. The number of aliphatic hydroxyl groups excluding tert-OH is 1. The van der Waals surface area contributed by atoms with E-state index in [2.05, 4.69) is 74.3 Å². The third-order valence-electron chi connectivity index (χ3n) is 12.4. The molecule has 0 aliphatic carbocycles. The Hall–Kier alpha value is -6.05. The van der Waals surface area contributed by atoms with Crippen LogP contribution in [0.4, 0.5) is 17.1 Å². The number of nitrogens with one attached hydrogen (secondary N) is 3. The summed E-state index contributed by atoms with van der Waals surface area (Å²) in [6.45, 7) is 3.18. The van der Waals surface area contributed by atoms with Gasteiger partial charge in [-0.3, -0.25) is 14.4 Å². The lowest BCUT2D eigenvalue weighted by atomic mass is 9.85. The van der Waals surface area contributed by atoms with E-state index in [4.69, 9.17) is 15.2 Å². The van der Waals surface area contributed by atoms with Crippen molar-refractivity contribution in [2.24, 2.45) is 0 Å². The normalized spacial score (nSPS) is 19.9. The van der Waals surface area contributed by atoms with Crippen molar-refractivity contribution in [3.8, 4) is 11.1 Å². The van der Waals surface area contributed by atoms with Crippen molar-refractivity contribution in [3.63, 3.8) is 0 Å². The molecule has 3 heterocycles. The molecule has 12 heteroatoms. The van der Waals surface area contributed by atoms with Crippen LogP contribution >= 0.6 is 0 Å². The predicted octanol–water partition coefficient (Wildman–Crippen LogP) is 7.22. The molecule has 0 aromatic heterocycles. The number of rotatable bonds is 15. The highest BCUT2D eigenvalue weighted by Crippen LogP contribution is 2.40. The van der Waals surface area contributed by atoms with Crippen molar-refractivity contribution in [1.82, 2.24) is 15.5 Å². The van der Waals surface area contributed by atoms with Crippen molar-refractivity contribution in [3.05, 3.63) is 150 Å². The minimum atomic E-state index is -0.589. The molecule has 5 aromatic rings. The molecule has 12 nitrogen and oxygen atoms in total. The highest BCUT2D eigenvalue weighted by Gasteiger charge is 2.50. The zero-order valence-corrected chi connectivity index (χ0v) is 35.0. The summed E-state index contributed by atoms with van der Waals surface area (Å²) in [5, 5.41) is 18.6. The largest absolute Gasteiger partial charge is 0.397 e.